The fourth-order valence-corrected chi connectivity index (χ4v) is 2.18. The van der Waals surface area contributed by atoms with Crippen LogP contribution < -0.4 is 10.6 Å². The lowest BCUT2D eigenvalue weighted by Gasteiger charge is -2.21. The predicted molar refractivity (Wildman–Crippen MR) is 57.6 cm³/mol. The quantitative estimate of drug-likeness (QED) is 0.721. The monoisotopic (exact) mass is 212 g/mol. The highest BCUT2D eigenvalue weighted by atomic mass is 16.6. The van der Waals surface area contributed by atoms with Crippen molar-refractivity contribution in [1.82, 2.24) is 10.6 Å². The van der Waals surface area contributed by atoms with Crippen molar-refractivity contribution in [2.24, 2.45) is 11.8 Å². The van der Waals surface area contributed by atoms with Gasteiger partial charge in [0.1, 0.15) is 5.60 Å². The van der Waals surface area contributed by atoms with Gasteiger partial charge in [-0.15, -0.1) is 0 Å². The van der Waals surface area contributed by atoms with E-state index in [2.05, 4.69) is 10.6 Å². The molecule has 2 rings (SSSR count). The van der Waals surface area contributed by atoms with Gasteiger partial charge in [0.2, 0.25) is 0 Å². The first-order chi connectivity index (χ1) is 6.96. The maximum absolute atomic E-state index is 11.4. The summed E-state index contributed by atoms with van der Waals surface area (Å²) in [6.07, 6.45) is 1.02. The number of alkyl carbamates (subject to hydrolysis) is 1. The molecule has 1 saturated carbocycles. The number of carbonyl (C=O) groups is 1. The van der Waals surface area contributed by atoms with Crippen LogP contribution >= 0.6 is 0 Å². The van der Waals surface area contributed by atoms with Crippen LogP contribution in [0.1, 0.15) is 27.2 Å². The number of ether oxygens (including phenoxy) is 1. The van der Waals surface area contributed by atoms with Crippen molar-refractivity contribution in [3.8, 4) is 0 Å². The van der Waals surface area contributed by atoms with E-state index in [0.717, 1.165) is 18.4 Å². The summed E-state index contributed by atoms with van der Waals surface area (Å²) in [5, 5.41) is 6.22. The van der Waals surface area contributed by atoms with E-state index >= 15 is 0 Å². The fraction of sp³-hybridized carbons (Fsp3) is 0.909. The lowest BCUT2D eigenvalue weighted by Crippen LogP contribution is -2.41. The Kier molecular flexibility index (Phi) is 2.63. The van der Waals surface area contributed by atoms with Crippen LogP contribution in [0.4, 0.5) is 4.79 Å². The highest BCUT2D eigenvalue weighted by Gasteiger charge is 2.47. The number of fused-ring (bicyclic) bond motifs is 1. The zero-order chi connectivity index (χ0) is 11.1. The number of rotatable bonds is 2. The molecule has 4 nitrogen and oxygen atoms in total. The van der Waals surface area contributed by atoms with Crippen molar-refractivity contribution >= 4 is 6.09 Å². The van der Waals surface area contributed by atoms with E-state index in [9.17, 15) is 4.79 Å². The Morgan fingerprint density at radius 3 is 2.73 bits per heavy atom. The van der Waals surface area contributed by atoms with Crippen molar-refractivity contribution in [3.05, 3.63) is 0 Å². The van der Waals surface area contributed by atoms with Crippen LogP contribution in [0.5, 0.6) is 0 Å². The highest BCUT2D eigenvalue weighted by molar-refractivity contribution is 5.67. The first-order valence-electron chi connectivity index (χ1n) is 5.66. The number of nitrogens with one attached hydrogen (secondary N) is 2. The molecule has 0 bridgehead atoms. The predicted octanol–water partition coefficient (Wildman–Crippen LogP) is 1.12. The molecule has 4 heteroatoms. The molecule has 1 heterocycles. The first-order valence-corrected chi connectivity index (χ1v) is 5.66. The van der Waals surface area contributed by atoms with Gasteiger partial charge in [-0.1, -0.05) is 0 Å². The van der Waals surface area contributed by atoms with Gasteiger partial charge in [0.05, 0.1) is 0 Å². The topological polar surface area (TPSA) is 50.4 Å². The zero-order valence-corrected chi connectivity index (χ0v) is 9.67. The van der Waals surface area contributed by atoms with Gasteiger partial charge in [-0.2, -0.15) is 0 Å². The third kappa shape index (κ3) is 2.84. The highest BCUT2D eigenvalue weighted by Crippen LogP contribution is 2.44. The van der Waals surface area contributed by atoms with Crippen molar-refractivity contribution in [2.75, 3.05) is 13.1 Å². The van der Waals surface area contributed by atoms with E-state index in [4.69, 9.17) is 4.74 Å². The third-order valence-electron chi connectivity index (χ3n) is 3.00. The minimum absolute atomic E-state index is 0.312. The van der Waals surface area contributed by atoms with Crippen LogP contribution in [-0.4, -0.2) is 30.8 Å². The van der Waals surface area contributed by atoms with E-state index in [0.29, 0.717) is 12.6 Å². The van der Waals surface area contributed by atoms with Gasteiger partial charge in [0.15, 0.2) is 0 Å². The van der Waals surface area contributed by atoms with Gasteiger partial charge < -0.3 is 15.4 Å². The molecule has 0 spiro atoms. The standard InChI is InChI=1S/C11H20N2O2/c1-11(2,3)15-10(14)13-6-9-8-4-7(8)5-12-9/h7-9,12H,4-6H2,1-3H3,(H,13,14)/t7-,8-,9-/m0/s1. The lowest BCUT2D eigenvalue weighted by atomic mass is 10.2. The summed E-state index contributed by atoms with van der Waals surface area (Å²) in [4.78, 5) is 11.4. The minimum atomic E-state index is -0.407. The second-order valence-corrected chi connectivity index (χ2v) is 5.56. The molecule has 2 aliphatic rings. The average Bonchev–Trinajstić information content (AvgIpc) is 2.74. The van der Waals surface area contributed by atoms with Crippen LogP contribution in [0.3, 0.4) is 0 Å². The molecule has 2 fully saturated rings. The smallest absolute Gasteiger partial charge is 0.407 e. The number of piperidine rings is 1. The molecule has 3 atom stereocenters. The summed E-state index contributed by atoms with van der Waals surface area (Å²) >= 11 is 0. The molecule has 1 aliphatic heterocycles. The summed E-state index contributed by atoms with van der Waals surface area (Å²) in [6, 6.07) is 0.461. The van der Waals surface area contributed by atoms with Gasteiger partial charge in [-0.25, -0.2) is 4.79 Å². The Bertz CT molecular complexity index is 260. The Labute approximate surface area is 90.8 Å². The molecule has 0 unspecified atom stereocenters. The Balaban J connectivity index is 1.67. The van der Waals surface area contributed by atoms with Crippen molar-refractivity contribution in [2.45, 2.75) is 38.8 Å². The van der Waals surface area contributed by atoms with Crippen LogP contribution in [0.25, 0.3) is 0 Å². The van der Waals surface area contributed by atoms with Gasteiger partial charge in [-0.3, -0.25) is 0 Å². The van der Waals surface area contributed by atoms with Crippen molar-refractivity contribution in [3.63, 3.8) is 0 Å². The molecule has 0 aromatic heterocycles. The van der Waals surface area contributed by atoms with E-state index in [1.807, 2.05) is 20.8 Å². The van der Waals surface area contributed by atoms with Crippen LogP contribution in [0.15, 0.2) is 0 Å². The normalized spacial score (nSPS) is 33.4. The van der Waals surface area contributed by atoms with E-state index in [1.54, 1.807) is 0 Å². The second-order valence-electron chi connectivity index (χ2n) is 5.56. The summed E-state index contributed by atoms with van der Waals surface area (Å²) in [5.74, 6) is 1.66. The Hall–Kier alpha value is -0.770. The van der Waals surface area contributed by atoms with Crippen LogP contribution in [0.2, 0.25) is 0 Å². The molecular formula is C11H20N2O2. The van der Waals surface area contributed by atoms with Gasteiger partial charge in [0.25, 0.3) is 0 Å². The second kappa shape index (κ2) is 3.67. The first kappa shape index (κ1) is 10.7. The maximum Gasteiger partial charge on any atom is 0.407 e. The molecule has 0 aromatic carbocycles. The minimum Gasteiger partial charge on any atom is -0.444 e. The molecule has 1 saturated heterocycles. The molecule has 1 aliphatic carbocycles. The summed E-state index contributed by atoms with van der Waals surface area (Å²) in [5.41, 5.74) is -0.407. The van der Waals surface area contributed by atoms with Crippen molar-refractivity contribution < 1.29 is 9.53 Å². The number of hydrogen-bond acceptors (Lipinski definition) is 3. The van der Waals surface area contributed by atoms with Gasteiger partial charge >= 0.3 is 6.09 Å². The van der Waals surface area contributed by atoms with Gasteiger partial charge in [-0.05, 0) is 45.6 Å². The summed E-state index contributed by atoms with van der Waals surface area (Å²) in [6.45, 7) is 7.42. The zero-order valence-electron chi connectivity index (χ0n) is 9.67. The fourth-order valence-electron chi connectivity index (χ4n) is 2.18. The molecule has 0 radical (unpaired) electrons. The van der Waals surface area contributed by atoms with Crippen LogP contribution in [-0.2, 0) is 4.74 Å². The van der Waals surface area contributed by atoms with Crippen LogP contribution in [0, 0.1) is 11.8 Å². The SMILES string of the molecule is CC(C)(C)OC(=O)NC[C@@H]1NC[C@@H]2C[C@@H]21. The number of hydrogen-bond donors (Lipinski definition) is 2. The third-order valence-corrected chi connectivity index (χ3v) is 3.00. The molecule has 15 heavy (non-hydrogen) atoms. The molecule has 1 amide bonds. The molecular weight excluding hydrogens is 192 g/mol. The number of amides is 1. The average molecular weight is 212 g/mol. The van der Waals surface area contributed by atoms with Crippen molar-refractivity contribution in [1.29, 1.82) is 0 Å². The molecule has 86 valence electrons. The number of carbonyl (C=O) groups excluding carboxylic acids is 1. The maximum atomic E-state index is 11.4. The molecule has 2 N–H and O–H groups in total. The Morgan fingerprint density at radius 2 is 2.27 bits per heavy atom. The Morgan fingerprint density at radius 1 is 1.53 bits per heavy atom. The van der Waals surface area contributed by atoms with E-state index in [-0.39, 0.29) is 6.09 Å². The summed E-state index contributed by atoms with van der Waals surface area (Å²) < 4.78 is 5.17. The van der Waals surface area contributed by atoms with Gasteiger partial charge in [0, 0.05) is 12.6 Å². The largest absolute Gasteiger partial charge is 0.444 e. The van der Waals surface area contributed by atoms with E-state index in [1.165, 1.54) is 6.42 Å². The molecule has 0 aromatic rings. The van der Waals surface area contributed by atoms with E-state index < -0.39 is 5.60 Å². The lowest BCUT2D eigenvalue weighted by molar-refractivity contribution is 0.0522. The summed E-state index contributed by atoms with van der Waals surface area (Å²) in [7, 11) is 0.